The molecule has 1 aromatic carbocycles. The normalized spacial score (nSPS) is 14.3. The highest BCUT2D eigenvalue weighted by atomic mass is 16.5. The predicted molar refractivity (Wildman–Crippen MR) is 85.7 cm³/mol. The Balaban J connectivity index is 2.05. The molecule has 0 bridgehead atoms. The molecule has 116 valence electrons. The molecule has 0 radical (unpaired) electrons. The Hall–Kier alpha value is -1.51. The molecule has 0 aromatic heterocycles. The summed E-state index contributed by atoms with van der Waals surface area (Å²) in [6, 6.07) is 8.05. The van der Waals surface area contributed by atoms with Gasteiger partial charge in [0.05, 0.1) is 6.61 Å². The molecule has 1 fully saturated rings. The first-order valence-electron chi connectivity index (χ1n) is 8.15. The molecular formula is C18H27NO2. The predicted octanol–water partition coefficient (Wildman–Crippen LogP) is 4.13. The second kappa shape index (κ2) is 7.48. The number of amides is 1. The molecule has 0 heterocycles. The van der Waals surface area contributed by atoms with E-state index in [-0.39, 0.29) is 5.91 Å². The molecule has 0 unspecified atom stereocenters. The van der Waals surface area contributed by atoms with Gasteiger partial charge < -0.3 is 9.64 Å². The van der Waals surface area contributed by atoms with Crippen LogP contribution in [0, 0.1) is 5.92 Å². The van der Waals surface area contributed by atoms with Crippen LogP contribution in [-0.4, -0.2) is 30.0 Å². The summed E-state index contributed by atoms with van der Waals surface area (Å²) in [7, 11) is 0. The van der Waals surface area contributed by atoms with Crippen LogP contribution in [0.4, 0.5) is 0 Å². The lowest BCUT2D eigenvalue weighted by atomic mass is 10.1. The summed E-state index contributed by atoms with van der Waals surface area (Å²) in [5, 5.41) is 0. The number of ether oxygens (including phenoxy) is 1. The lowest BCUT2D eigenvalue weighted by Crippen LogP contribution is -2.34. The van der Waals surface area contributed by atoms with Gasteiger partial charge in [-0.15, -0.1) is 0 Å². The summed E-state index contributed by atoms with van der Waals surface area (Å²) in [6.45, 7) is 8.04. The fourth-order valence-electron chi connectivity index (χ4n) is 2.34. The van der Waals surface area contributed by atoms with Gasteiger partial charge in [0.15, 0.2) is 0 Å². The lowest BCUT2D eigenvalue weighted by molar-refractivity contribution is 0.0735. The van der Waals surface area contributed by atoms with Crippen molar-refractivity contribution in [2.45, 2.75) is 52.5 Å². The topological polar surface area (TPSA) is 29.5 Å². The Bertz CT molecular complexity index is 466. The number of benzene rings is 1. The van der Waals surface area contributed by atoms with E-state index in [4.69, 9.17) is 4.74 Å². The second-order valence-corrected chi connectivity index (χ2v) is 6.29. The van der Waals surface area contributed by atoms with Gasteiger partial charge in [0.25, 0.3) is 5.91 Å². The molecule has 1 aliphatic rings. The van der Waals surface area contributed by atoms with E-state index in [0.29, 0.717) is 18.6 Å². The fraction of sp³-hybridized carbons (Fsp3) is 0.611. The van der Waals surface area contributed by atoms with Gasteiger partial charge in [0.1, 0.15) is 5.75 Å². The number of carbonyl (C=O) groups excluding carboxylic acids is 1. The Morgan fingerprint density at radius 3 is 2.76 bits per heavy atom. The third-order valence-corrected chi connectivity index (χ3v) is 3.75. The van der Waals surface area contributed by atoms with E-state index in [1.54, 1.807) is 0 Å². The van der Waals surface area contributed by atoms with Crippen LogP contribution in [0.3, 0.4) is 0 Å². The minimum atomic E-state index is 0.153. The van der Waals surface area contributed by atoms with Crippen molar-refractivity contribution in [3.63, 3.8) is 0 Å². The molecule has 0 atom stereocenters. The fourth-order valence-corrected chi connectivity index (χ4v) is 2.34. The van der Waals surface area contributed by atoms with Crippen molar-refractivity contribution < 1.29 is 9.53 Å². The minimum absolute atomic E-state index is 0.153. The summed E-state index contributed by atoms with van der Waals surface area (Å²) in [5.74, 6) is 1.57. The first-order valence-corrected chi connectivity index (χ1v) is 8.15. The van der Waals surface area contributed by atoms with Crippen molar-refractivity contribution in [1.29, 1.82) is 0 Å². The molecule has 1 aromatic rings. The van der Waals surface area contributed by atoms with Crippen LogP contribution in [0.2, 0.25) is 0 Å². The van der Waals surface area contributed by atoms with Crippen LogP contribution < -0.4 is 4.74 Å². The number of hydrogen-bond acceptors (Lipinski definition) is 2. The van der Waals surface area contributed by atoms with Crippen LogP contribution in [-0.2, 0) is 0 Å². The zero-order valence-electron chi connectivity index (χ0n) is 13.5. The number of rotatable bonds is 8. The molecule has 0 spiro atoms. The van der Waals surface area contributed by atoms with Gasteiger partial charge in [-0.25, -0.2) is 0 Å². The average Bonchev–Trinajstić information content (AvgIpc) is 3.30. The third kappa shape index (κ3) is 4.76. The van der Waals surface area contributed by atoms with Crippen molar-refractivity contribution in [1.82, 2.24) is 4.90 Å². The lowest BCUT2D eigenvalue weighted by Gasteiger charge is -2.23. The van der Waals surface area contributed by atoms with E-state index in [1.165, 1.54) is 0 Å². The summed E-state index contributed by atoms with van der Waals surface area (Å²) >= 11 is 0. The highest BCUT2D eigenvalue weighted by molar-refractivity contribution is 5.95. The van der Waals surface area contributed by atoms with E-state index in [0.717, 1.165) is 43.5 Å². The average molecular weight is 289 g/mol. The van der Waals surface area contributed by atoms with Crippen LogP contribution in [0.15, 0.2) is 24.3 Å². The third-order valence-electron chi connectivity index (χ3n) is 3.75. The molecule has 3 heteroatoms. The maximum absolute atomic E-state index is 12.7. The molecule has 0 aliphatic heterocycles. The molecule has 0 saturated heterocycles. The molecule has 21 heavy (non-hydrogen) atoms. The molecule has 1 amide bonds. The molecule has 1 aliphatic carbocycles. The van der Waals surface area contributed by atoms with Crippen LogP contribution in [0.25, 0.3) is 0 Å². The van der Waals surface area contributed by atoms with Gasteiger partial charge in [0.2, 0.25) is 0 Å². The Kier molecular flexibility index (Phi) is 5.66. The van der Waals surface area contributed by atoms with Gasteiger partial charge in [-0.2, -0.15) is 0 Å². The number of carbonyl (C=O) groups is 1. The van der Waals surface area contributed by atoms with Gasteiger partial charge in [-0.3, -0.25) is 4.79 Å². The summed E-state index contributed by atoms with van der Waals surface area (Å²) < 4.78 is 5.63. The van der Waals surface area contributed by atoms with Gasteiger partial charge in [0, 0.05) is 18.2 Å². The second-order valence-electron chi connectivity index (χ2n) is 6.29. The SMILES string of the molecule is CCCOc1cccc(C(=O)N(CCC(C)C)C2CC2)c1. The van der Waals surface area contributed by atoms with Crippen molar-refractivity contribution in [2.75, 3.05) is 13.2 Å². The molecule has 0 N–H and O–H groups in total. The van der Waals surface area contributed by atoms with E-state index >= 15 is 0 Å². The van der Waals surface area contributed by atoms with Crippen molar-refractivity contribution in [3.05, 3.63) is 29.8 Å². The minimum Gasteiger partial charge on any atom is -0.494 e. The van der Waals surface area contributed by atoms with Crippen molar-refractivity contribution in [3.8, 4) is 5.75 Å². The molecule has 1 saturated carbocycles. The number of nitrogens with zero attached hydrogens (tertiary/aromatic N) is 1. The van der Waals surface area contributed by atoms with Crippen LogP contribution in [0.5, 0.6) is 5.75 Å². The van der Waals surface area contributed by atoms with E-state index in [1.807, 2.05) is 24.3 Å². The molecule has 3 nitrogen and oxygen atoms in total. The largest absolute Gasteiger partial charge is 0.494 e. The maximum atomic E-state index is 12.7. The monoisotopic (exact) mass is 289 g/mol. The smallest absolute Gasteiger partial charge is 0.254 e. The highest BCUT2D eigenvalue weighted by Crippen LogP contribution is 2.29. The van der Waals surface area contributed by atoms with Crippen molar-refractivity contribution >= 4 is 5.91 Å². The standard InChI is InChI=1S/C18H27NO2/c1-4-12-21-17-7-5-6-15(13-17)18(20)19(16-8-9-16)11-10-14(2)3/h5-7,13-14,16H,4,8-12H2,1-3H3. The van der Waals surface area contributed by atoms with Gasteiger partial charge in [-0.1, -0.05) is 26.8 Å². The van der Waals surface area contributed by atoms with E-state index in [9.17, 15) is 4.79 Å². The Labute approximate surface area is 128 Å². The molecule has 2 rings (SSSR count). The number of hydrogen-bond donors (Lipinski definition) is 0. The zero-order chi connectivity index (χ0) is 15.2. The molecular weight excluding hydrogens is 262 g/mol. The summed E-state index contributed by atoms with van der Waals surface area (Å²) in [4.78, 5) is 14.8. The zero-order valence-corrected chi connectivity index (χ0v) is 13.5. The van der Waals surface area contributed by atoms with Crippen LogP contribution in [0.1, 0.15) is 56.8 Å². The first-order chi connectivity index (χ1) is 10.1. The highest BCUT2D eigenvalue weighted by Gasteiger charge is 2.32. The van der Waals surface area contributed by atoms with Gasteiger partial charge in [-0.05, 0) is 49.8 Å². The van der Waals surface area contributed by atoms with E-state index in [2.05, 4.69) is 25.7 Å². The van der Waals surface area contributed by atoms with Crippen LogP contribution >= 0.6 is 0 Å². The van der Waals surface area contributed by atoms with Gasteiger partial charge >= 0.3 is 0 Å². The van der Waals surface area contributed by atoms with E-state index < -0.39 is 0 Å². The Morgan fingerprint density at radius 2 is 2.14 bits per heavy atom. The Morgan fingerprint density at radius 1 is 1.38 bits per heavy atom. The summed E-state index contributed by atoms with van der Waals surface area (Å²) in [6.07, 6.45) is 4.33. The maximum Gasteiger partial charge on any atom is 0.254 e. The first kappa shape index (κ1) is 15.9. The van der Waals surface area contributed by atoms with Crippen molar-refractivity contribution in [2.24, 2.45) is 5.92 Å². The summed E-state index contributed by atoms with van der Waals surface area (Å²) in [5.41, 5.74) is 0.749. The quantitative estimate of drug-likeness (QED) is 0.720.